The molecule has 0 amide bonds. The predicted molar refractivity (Wildman–Crippen MR) is 69.3 cm³/mol. The van der Waals surface area contributed by atoms with Gasteiger partial charge in [0.1, 0.15) is 0 Å². The Kier molecular flexibility index (Phi) is 3.07. The van der Waals surface area contributed by atoms with E-state index in [1.807, 2.05) is 18.2 Å². The van der Waals surface area contributed by atoms with Crippen LogP contribution in [0.4, 0.5) is 0 Å². The summed E-state index contributed by atoms with van der Waals surface area (Å²) in [6.45, 7) is 2.89. The Morgan fingerprint density at radius 3 is 2.82 bits per heavy atom. The Morgan fingerprint density at radius 1 is 1.29 bits per heavy atom. The maximum Gasteiger partial charge on any atom is 0.0637 e. The van der Waals surface area contributed by atoms with Gasteiger partial charge in [-0.1, -0.05) is 35.3 Å². The van der Waals surface area contributed by atoms with Gasteiger partial charge in [0.05, 0.1) is 16.1 Å². The van der Waals surface area contributed by atoms with Crippen molar-refractivity contribution in [1.82, 2.24) is 4.90 Å². The first-order chi connectivity index (χ1) is 8.15. The number of aliphatic hydroxyl groups excluding tert-OH is 1. The van der Waals surface area contributed by atoms with Crippen LogP contribution in [0.3, 0.4) is 0 Å². The van der Waals surface area contributed by atoms with E-state index in [1.165, 1.54) is 0 Å². The number of nitrogens with zero attached hydrogens (tertiary/aromatic N) is 1. The molecule has 0 unspecified atom stereocenters. The van der Waals surface area contributed by atoms with Crippen molar-refractivity contribution >= 4 is 23.2 Å². The van der Waals surface area contributed by atoms with Crippen molar-refractivity contribution in [3.05, 3.63) is 33.8 Å². The molecule has 3 atom stereocenters. The summed E-state index contributed by atoms with van der Waals surface area (Å²) in [5.41, 5.74) is 1.08. The summed E-state index contributed by atoms with van der Waals surface area (Å²) in [6, 6.07) is 5.76. The quantitative estimate of drug-likeness (QED) is 0.894. The topological polar surface area (TPSA) is 23.5 Å². The normalized spacial score (nSPS) is 32.3. The van der Waals surface area contributed by atoms with E-state index in [4.69, 9.17) is 23.2 Å². The highest BCUT2D eigenvalue weighted by molar-refractivity contribution is 6.42. The molecule has 0 aromatic heterocycles. The molecule has 1 aromatic rings. The lowest BCUT2D eigenvalue weighted by Gasteiger charge is -2.35. The van der Waals surface area contributed by atoms with Gasteiger partial charge in [-0.25, -0.2) is 0 Å². The maximum atomic E-state index is 9.63. The zero-order valence-corrected chi connectivity index (χ0v) is 11.0. The molecule has 92 valence electrons. The van der Waals surface area contributed by atoms with Crippen LogP contribution in [0.25, 0.3) is 0 Å². The van der Waals surface area contributed by atoms with E-state index in [0.717, 1.165) is 31.6 Å². The Hall–Kier alpha value is -0.280. The molecular formula is C13H15Cl2NO. The molecule has 1 N–H and O–H groups in total. The van der Waals surface area contributed by atoms with E-state index < -0.39 is 0 Å². The van der Waals surface area contributed by atoms with Gasteiger partial charge in [-0.05, 0) is 24.0 Å². The lowest BCUT2D eigenvalue weighted by Crippen LogP contribution is -2.39. The van der Waals surface area contributed by atoms with E-state index in [2.05, 4.69) is 4.90 Å². The van der Waals surface area contributed by atoms with E-state index >= 15 is 0 Å². The summed E-state index contributed by atoms with van der Waals surface area (Å²) in [5, 5.41) is 10.9. The molecule has 2 fully saturated rings. The van der Waals surface area contributed by atoms with Crippen LogP contribution in [-0.4, -0.2) is 29.2 Å². The second-order valence-corrected chi connectivity index (χ2v) is 5.92. The highest BCUT2D eigenvalue weighted by Crippen LogP contribution is 2.41. The van der Waals surface area contributed by atoms with E-state index in [9.17, 15) is 5.11 Å². The maximum absolute atomic E-state index is 9.63. The molecule has 2 nitrogen and oxygen atoms in total. The van der Waals surface area contributed by atoms with Crippen molar-refractivity contribution in [2.75, 3.05) is 13.1 Å². The smallest absolute Gasteiger partial charge is 0.0637 e. The molecule has 1 aliphatic heterocycles. The molecule has 1 aliphatic carbocycles. The van der Waals surface area contributed by atoms with E-state index in [-0.39, 0.29) is 6.10 Å². The minimum Gasteiger partial charge on any atom is -0.393 e. The highest BCUT2D eigenvalue weighted by Gasteiger charge is 2.45. The number of halogens is 2. The molecule has 1 saturated heterocycles. The third kappa shape index (κ3) is 2.08. The van der Waals surface area contributed by atoms with Crippen LogP contribution in [0.1, 0.15) is 12.0 Å². The number of rotatable bonds is 2. The van der Waals surface area contributed by atoms with Crippen LogP contribution in [0.5, 0.6) is 0 Å². The standard InChI is InChI=1S/C13H15Cl2NO/c14-11-3-1-2-8(13(11)15)5-16-6-9-4-12(17)10(9)7-16/h1-3,9-10,12,17H,4-7H2/t9-,10+,12-/m1/s1. The number of likely N-dealkylation sites (tertiary alicyclic amines) is 1. The van der Waals surface area contributed by atoms with Crippen LogP contribution in [-0.2, 0) is 6.54 Å². The third-order valence-corrected chi connectivity index (χ3v) is 4.89. The second-order valence-electron chi connectivity index (χ2n) is 5.13. The van der Waals surface area contributed by atoms with Crippen molar-refractivity contribution in [2.24, 2.45) is 11.8 Å². The number of hydrogen-bond acceptors (Lipinski definition) is 2. The average Bonchev–Trinajstić information content (AvgIpc) is 2.62. The molecule has 1 heterocycles. The molecule has 0 bridgehead atoms. The van der Waals surface area contributed by atoms with Crippen LogP contribution in [0.2, 0.25) is 10.0 Å². The van der Waals surface area contributed by atoms with Crippen LogP contribution >= 0.6 is 23.2 Å². The Bertz CT molecular complexity index is 437. The van der Waals surface area contributed by atoms with Crippen molar-refractivity contribution in [1.29, 1.82) is 0 Å². The molecule has 17 heavy (non-hydrogen) atoms. The Balaban J connectivity index is 1.70. The fraction of sp³-hybridized carbons (Fsp3) is 0.538. The zero-order chi connectivity index (χ0) is 12.0. The number of benzene rings is 1. The zero-order valence-electron chi connectivity index (χ0n) is 9.44. The van der Waals surface area contributed by atoms with Crippen molar-refractivity contribution in [2.45, 2.75) is 19.1 Å². The predicted octanol–water partition coefficient (Wildman–Crippen LogP) is 2.81. The molecular weight excluding hydrogens is 257 g/mol. The minimum atomic E-state index is -0.0835. The lowest BCUT2D eigenvalue weighted by molar-refractivity contribution is -0.00435. The van der Waals surface area contributed by atoms with Crippen molar-refractivity contribution in [3.63, 3.8) is 0 Å². The summed E-state index contributed by atoms with van der Waals surface area (Å²) in [7, 11) is 0. The van der Waals surface area contributed by atoms with Gasteiger partial charge in [0.2, 0.25) is 0 Å². The van der Waals surface area contributed by atoms with Gasteiger partial charge in [-0.2, -0.15) is 0 Å². The Labute approximate surface area is 111 Å². The fourth-order valence-corrected chi connectivity index (χ4v) is 3.38. The van der Waals surface area contributed by atoms with Gasteiger partial charge in [-0.15, -0.1) is 0 Å². The van der Waals surface area contributed by atoms with Gasteiger partial charge in [-0.3, -0.25) is 4.90 Å². The van der Waals surface area contributed by atoms with Gasteiger partial charge in [0.15, 0.2) is 0 Å². The largest absolute Gasteiger partial charge is 0.393 e. The molecule has 1 saturated carbocycles. The van der Waals surface area contributed by atoms with Crippen LogP contribution in [0, 0.1) is 11.8 Å². The van der Waals surface area contributed by atoms with Crippen LogP contribution < -0.4 is 0 Å². The lowest BCUT2D eigenvalue weighted by atomic mass is 9.74. The summed E-state index contributed by atoms with van der Waals surface area (Å²) in [4.78, 5) is 2.36. The van der Waals surface area contributed by atoms with E-state index in [1.54, 1.807) is 0 Å². The second kappa shape index (κ2) is 4.43. The van der Waals surface area contributed by atoms with Gasteiger partial charge < -0.3 is 5.11 Å². The number of hydrogen-bond donors (Lipinski definition) is 1. The molecule has 1 aromatic carbocycles. The third-order valence-electron chi connectivity index (χ3n) is 4.03. The molecule has 0 spiro atoms. The summed E-state index contributed by atoms with van der Waals surface area (Å²) >= 11 is 12.2. The van der Waals surface area contributed by atoms with Crippen LogP contribution in [0.15, 0.2) is 18.2 Å². The SMILES string of the molecule is O[C@@H]1C[C@@H]2CN(Cc3cccc(Cl)c3Cl)C[C@@H]21. The van der Waals surface area contributed by atoms with Gasteiger partial charge in [0, 0.05) is 25.6 Å². The summed E-state index contributed by atoms with van der Waals surface area (Å²) < 4.78 is 0. The first-order valence-corrected chi connectivity index (χ1v) is 6.74. The molecule has 2 aliphatic rings. The van der Waals surface area contributed by atoms with Crippen molar-refractivity contribution in [3.8, 4) is 0 Å². The number of fused-ring (bicyclic) bond motifs is 1. The van der Waals surface area contributed by atoms with Crippen molar-refractivity contribution < 1.29 is 5.11 Å². The van der Waals surface area contributed by atoms with E-state index in [0.29, 0.717) is 21.9 Å². The van der Waals surface area contributed by atoms with Gasteiger partial charge >= 0.3 is 0 Å². The highest BCUT2D eigenvalue weighted by atomic mass is 35.5. The average molecular weight is 272 g/mol. The molecule has 4 heteroatoms. The molecule has 0 radical (unpaired) electrons. The summed E-state index contributed by atoms with van der Waals surface area (Å²) in [5.74, 6) is 1.16. The molecule has 3 rings (SSSR count). The monoisotopic (exact) mass is 271 g/mol. The minimum absolute atomic E-state index is 0.0835. The first-order valence-electron chi connectivity index (χ1n) is 5.98. The number of aliphatic hydroxyl groups is 1. The Morgan fingerprint density at radius 2 is 2.12 bits per heavy atom. The van der Waals surface area contributed by atoms with Gasteiger partial charge in [0.25, 0.3) is 0 Å². The first kappa shape index (κ1) is 11.8. The fourth-order valence-electron chi connectivity index (χ4n) is 3.00. The summed E-state index contributed by atoms with van der Waals surface area (Å²) in [6.07, 6.45) is 0.879.